The fourth-order valence-corrected chi connectivity index (χ4v) is 5.40. The number of benzene rings is 1. The first-order valence-electron chi connectivity index (χ1n) is 8.57. The second-order valence-electron chi connectivity index (χ2n) is 6.91. The van der Waals surface area contributed by atoms with Crippen LogP contribution in [-0.2, 0) is 26.0 Å². The van der Waals surface area contributed by atoms with Gasteiger partial charge in [-0.15, -0.1) is 0 Å². The number of ether oxygens (including phenoxy) is 2. The number of fused-ring (bicyclic) bond motifs is 1. The third-order valence-electron chi connectivity index (χ3n) is 5.08. The van der Waals surface area contributed by atoms with Crippen LogP contribution in [0.25, 0.3) is 0 Å². The number of hydrogen-bond donors (Lipinski definition) is 1. The Hall–Kier alpha value is -2.29. The Balaban J connectivity index is 1.33. The van der Waals surface area contributed by atoms with E-state index < -0.39 is 15.8 Å². The molecule has 2 atom stereocenters. The van der Waals surface area contributed by atoms with E-state index in [-0.39, 0.29) is 49.1 Å². The molecule has 0 saturated carbocycles. The van der Waals surface area contributed by atoms with Crippen molar-refractivity contribution in [2.75, 3.05) is 24.8 Å². The first-order valence-corrected chi connectivity index (χ1v) is 10.4. The minimum Gasteiger partial charge on any atom is -0.454 e. The number of rotatable bonds is 4. The normalized spacial score (nSPS) is 26.3. The van der Waals surface area contributed by atoms with Gasteiger partial charge in [-0.25, -0.2) is 8.42 Å². The maximum absolute atomic E-state index is 12.4. The zero-order chi connectivity index (χ0) is 18.3. The van der Waals surface area contributed by atoms with Crippen LogP contribution in [-0.4, -0.2) is 56.0 Å². The van der Waals surface area contributed by atoms with Crippen molar-refractivity contribution < 1.29 is 27.5 Å². The molecular formula is C17H20N2O6S. The van der Waals surface area contributed by atoms with Crippen LogP contribution < -0.4 is 14.8 Å². The molecular weight excluding hydrogens is 360 g/mol. The lowest BCUT2D eigenvalue weighted by Crippen LogP contribution is -2.39. The summed E-state index contributed by atoms with van der Waals surface area (Å²) in [4.78, 5) is 26.2. The van der Waals surface area contributed by atoms with Gasteiger partial charge in [0.05, 0.1) is 17.4 Å². The summed E-state index contributed by atoms with van der Waals surface area (Å²) in [5, 5.41) is 2.85. The lowest BCUT2D eigenvalue weighted by atomic mass is 10.1. The van der Waals surface area contributed by atoms with E-state index in [0.29, 0.717) is 24.5 Å². The highest BCUT2D eigenvalue weighted by Crippen LogP contribution is 2.32. The molecule has 4 rings (SSSR count). The third kappa shape index (κ3) is 3.35. The number of sulfone groups is 1. The van der Waals surface area contributed by atoms with Crippen LogP contribution in [0.4, 0.5) is 0 Å². The smallest absolute Gasteiger partial charge is 0.231 e. The van der Waals surface area contributed by atoms with Crippen LogP contribution in [0, 0.1) is 5.92 Å². The quantitative estimate of drug-likeness (QED) is 0.793. The van der Waals surface area contributed by atoms with Gasteiger partial charge in [-0.1, -0.05) is 6.07 Å². The molecule has 2 saturated heterocycles. The Morgan fingerprint density at radius 1 is 1.27 bits per heavy atom. The molecule has 140 valence electrons. The highest BCUT2D eigenvalue weighted by Gasteiger charge is 2.41. The molecule has 3 aliphatic rings. The summed E-state index contributed by atoms with van der Waals surface area (Å²) < 4.78 is 33.8. The predicted molar refractivity (Wildman–Crippen MR) is 91.3 cm³/mol. The number of nitrogens with one attached hydrogen (secondary N) is 1. The average Bonchev–Trinajstić information content (AvgIpc) is 3.30. The maximum Gasteiger partial charge on any atom is 0.231 e. The van der Waals surface area contributed by atoms with Gasteiger partial charge in [0.15, 0.2) is 21.3 Å². The maximum atomic E-state index is 12.4. The van der Waals surface area contributed by atoms with Crippen molar-refractivity contribution in [1.82, 2.24) is 10.2 Å². The fourth-order valence-electron chi connectivity index (χ4n) is 3.67. The number of nitrogens with zero attached hydrogens (tertiary/aromatic N) is 1. The van der Waals surface area contributed by atoms with E-state index in [1.807, 2.05) is 12.1 Å². The molecule has 26 heavy (non-hydrogen) atoms. The largest absolute Gasteiger partial charge is 0.454 e. The number of carbonyl (C=O) groups is 2. The van der Waals surface area contributed by atoms with E-state index in [1.54, 1.807) is 11.0 Å². The van der Waals surface area contributed by atoms with Crippen LogP contribution in [0.1, 0.15) is 18.4 Å². The van der Waals surface area contributed by atoms with Crippen molar-refractivity contribution >= 4 is 21.7 Å². The van der Waals surface area contributed by atoms with Crippen LogP contribution in [0.2, 0.25) is 0 Å². The summed E-state index contributed by atoms with van der Waals surface area (Å²) in [6.07, 6.45) is 0.586. The molecule has 0 radical (unpaired) electrons. The Kier molecular flexibility index (Phi) is 4.26. The van der Waals surface area contributed by atoms with E-state index in [9.17, 15) is 18.0 Å². The van der Waals surface area contributed by atoms with Crippen molar-refractivity contribution in [1.29, 1.82) is 0 Å². The molecule has 2 unspecified atom stereocenters. The SMILES string of the molecule is O=C(NCc1ccc2c(c1)OCO2)C1CC(=O)N(C2CCS(=O)(=O)C2)C1. The molecule has 1 N–H and O–H groups in total. The van der Waals surface area contributed by atoms with Gasteiger partial charge in [0.1, 0.15) is 0 Å². The molecule has 0 bridgehead atoms. The van der Waals surface area contributed by atoms with E-state index >= 15 is 0 Å². The summed E-state index contributed by atoms with van der Waals surface area (Å²) in [5.74, 6) is 0.673. The fraction of sp³-hybridized carbons (Fsp3) is 0.529. The van der Waals surface area contributed by atoms with Crippen molar-refractivity contribution in [2.45, 2.75) is 25.4 Å². The second kappa shape index (κ2) is 6.46. The van der Waals surface area contributed by atoms with Crippen LogP contribution in [0.3, 0.4) is 0 Å². The summed E-state index contributed by atoms with van der Waals surface area (Å²) >= 11 is 0. The Morgan fingerprint density at radius 2 is 2.08 bits per heavy atom. The highest BCUT2D eigenvalue weighted by atomic mass is 32.2. The molecule has 3 aliphatic heterocycles. The van der Waals surface area contributed by atoms with Crippen molar-refractivity contribution in [3.8, 4) is 11.5 Å². The van der Waals surface area contributed by atoms with Crippen LogP contribution >= 0.6 is 0 Å². The van der Waals surface area contributed by atoms with E-state index in [1.165, 1.54) is 0 Å². The number of carbonyl (C=O) groups excluding carboxylic acids is 2. The summed E-state index contributed by atoms with van der Waals surface area (Å²) in [7, 11) is -3.06. The highest BCUT2D eigenvalue weighted by molar-refractivity contribution is 7.91. The standard InChI is InChI=1S/C17H20N2O6S/c20-16-6-12(8-19(16)13-3-4-26(22,23)9-13)17(21)18-7-11-1-2-14-15(5-11)25-10-24-14/h1-2,5,12-13H,3-4,6-10H2,(H,18,21). The second-order valence-corrected chi connectivity index (χ2v) is 9.14. The molecule has 1 aromatic carbocycles. The Bertz CT molecular complexity index is 853. The van der Waals surface area contributed by atoms with Crippen molar-refractivity contribution in [2.24, 2.45) is 5.92 Å². The van der Waals surface area contributed by atoms with Gasteiger partial charge in [0.25, 0.3) is 0 Å². The van der Waals surface area contributed by atoms with Gasteiger partial charge in [-0.3, -0.25) is 9.59 Å². The zero-order valence-electron chi connectivity index (χ0n) is 14.1. The molecule has 8 nitrogen and oxygen atoms in total. The molecule has 2 amide bonds. The Morgan fingerprint density at radius 3 is 2.85 bits per heavy atom. The Labute approximate surface area is 151 Å². The molecule has 0 spiro atoms. The van der Waals surface area contributed by atoms with Gasteiger partial charge in [-0.05, 0) is 24.1 Å². The summed E-state index contributed by atoms with van der Waals surface area (Å²) in [6, 6.07) is 5.17. The van der Waals surface area contributed by atoms with Crippen LogP contribution in [0.5, 0.6) is 11.5 Å². The van der Waals surface area contributed by atoms with Gasteiger partial charge >= 0.3 is 0 Å². The molecule has 9 heteroatoms. The van der Waals surface area contributed by atoms with Gasteiger partial charge in [0.2, 0.25) is 18.6 Å². The van der Waals surface area contributed by atoms with Gasteiger partial charge < -0.3 is 19.7 Å². The van der Waals surface area contributed by atoms with Gasteiger partial charge in [0, 0.05) is 25.6 Å². The topological polar surface area (TPSA) is 102 Å². The number of hydrogen-bond acceptors (Lipinski definition) is 6. The molecule has 0 aromatic heterocycles. The molecule has 2 fully saturated rings. The monoisotopic (exact) mass is 380 g/mol. The summed E-state index contributed by atoms with van der Waals surface area (Å²) in [6.45, 7) is 0.812. The number of amides is 2. The molecule has 0 aliphatic carbocycles. The van der Waals surface area contributed by atoms with Crippen molar-refractivity contribution in [3.05, 3.63) is 23.8 Å². The summed E-state index contributed by atoms with van der Waals surface area (Å²) in [5.41, 5.74) is 0.880. The van der Waals surface area contributed by atoms with Crippen LogP contribution in [0.15, 0.2) is 18.2 Å². The van der Waals surface area contributed by atoms with E-state index in [4.69, 9.17) is 9.47 Å². The lowest BCUT2D eigenvalue weighted by Gasteiger charge is -2.22. The molecule has 3 heterocycles. The lowest BCUT2D eigenvalue weighted by molar-refractivity contribution is -0.130. The third-order valence-corrected chi connectivity index (χ3v) is 6.83. The first kappa shape index (κ1) is 17.1. The zero-order valence-corrected chi connectivity index (χ0v) is 15.0. The van der Waals surface area contributed by atoms with E-state index in [0.717, 1.165) is 5.56 Å². The predicted octanol–water partition coefficient (Wildman–Crippen LogP) is 0.0671. The first-order chi connectivity index (χ1) is 12.4. The average molecular weight is 380 g/mol. The van der Waals surface area contributed by atoms with E-state index in [2.05, 4.69) is 5.32 Å². The molecule has 1 aromatic rings. The van der Waals surface area contributed by atoms with Crippen molar-refractivity contribution in [3.63, 3.8) is 0 Å². The van der Waals surface area contributed by atoms with Gasteiger partial charge in [-0.2, -0.15) is 0 Å². The minimum atomic E-state index is -3.06. The number of likely N-dealkylation sites (tertiary alicyclic amines) is 1. The minimum absolute atomic E-state index is 0.00424.